The average Bonchev–Trinajstić information content (AvgIpc) is 2.46. The lowest BCUT2D eigenvalue weighted by Gasteiger charge is -2.08. The highest BCUT2D eigenvalue weighted by molar-refractivity contribution is 6.07. The van der Waals surface area contributed by atoms with Crippen molar-refractivity contribution in [3.05, 3.63) is 77.9 Å². The fraction of sp³-hybridized carbons (Fsp3) is 0.0625. The number of hydrogen-bond acceptors (Lipinski definition) is 2. The van der Waals surface area contributed by atoms with Crippen LogP contribution in [-0.4, -0.2) is 6.29 Å². The third-order valence-electron chi connectivity index (χ3n) is 2.78. The SMILES string of the molecule is NC(C=C(C=O)c1ccccc1)c1ccccc1. The van der Waals surface area contributed by atoms with Gasteiger partial charge < -0.3 is 5.73 Å². The van der Waals surface area contributed by atoms with Crippen molar-refractivity contribution in [2.45, 2.75) is 6.04 Å². The second-order valence-electron chi connectivity index (χ2n) is 4.04. The third-order valence-corrected chi connectivity index (χ3v) is 2.78. The number of rotatable bonds is 4. The topological polar surface area (TPSA) is 43.1 Å². The predicted molar refractivity (Wildman–Crippen MR) is 73.9 cm³/mol. The van der Waals surface area contributed by atoms with Gasteiger partial charge in [0.25, 0.3) is 0 Å². The molecule has 0 aliphatic heterocycles. The molecule has 2 aromatic carbocycles. The first-order valence-corrected chi connectivity index (χ1v) is 5.84. The van der Waals surface area contributed by atoms with Crippen LogP contribution in [0.25, 0.3) is 5.57 Å². The molecule has 0 aromatic heterocycles. The molecule has 2 heteroatoms. The van der Waals surface area contributed by atoms with Crippen LogP contribution in [0.4, 0.5) is 0 Å². The van der Waals surface area contributed by atoms with Crippen LogP contribution in [0.15, 0.2) is 66.7 Å². The molecule has 18 heavy (non-hydrogen) atoms. The van der Waals surface area contributed by atoms with Gasteiger partial charge in [-0.25, -0.2) is 0 Å². The van der Waals surface area contributed by atoms with Crippen LogP contribution >= 0.6 is 0 Å². The van der Waals surface area contributed by atoms with E-state index in [1.165, 1.54) is 0 Å². The molecular weight excluding hydrogens is 222 g/mol. The Morgan fingerprint density at radius 1 is 0.944 bits per heavy atom. The van der Waals surface area contributed by atoms with Crippen LogP contribution in [0.1, 0.15) is 17.2 Å². The fourth-order valence-corrected chi connectivity index (χ4v) is 1.80. The molecule has 90 valence electrons. The molecule has 0 bridgehead atoms. The molecule has 0 heterocycles. The van der Waals surface area contributed by atoms with Crippen molar-refractivity contribution in [3.63, 3.8) is 0 Å². The first kappa shape index (κ1) is 12.3. The zero-order chi connectivity index (χ0) is 12.8. The molecule has 2 N–H and O–H groups in total. The van der Waals surface area contributed by atoms with Crippen molar-refractivity contribution in [2.75, 3.05) is 0 Å². The average molecular weight is 237 g/mol. The highest BCUT2D eigenvalue weighted by atomic mass is 16.1. The number of benzene rings is 2. The molecule has 0 aliphatic rings. The largest absolute Gasteiger partial charge is 0.321 e. The molecule has 0 aliphatic carbocycles. The summed E-state index contributed by atoms with van der Waals surface area (Å²) >= 11 is 0. The maximum atomic E-state index is 11.1. The Hall–Kier alpha value is -2.19. The summed E-state index contributed by atoms with van der Waals surface area (Å²) in [6.45, 7) is 0. The molecule has 2 nitrogen and oxygen atoms in total. The number of allylic oxidation sites excluding steroid dienone is 1. The van der Waals surface area contributed by atoms with E-state index in [2.05, 4.69) is 0 Å². The zero-order valence-electron chi connectivity index (χ0n) is 9.99. The molecule has 0 radical (unpaired) electrons. The van der Waals surface area contributed by atoms with E-state index in [4.69, 9.17) is 5.73 Å². The van der Waals surface area contributed by atoms with E-state index in [0.717, 1.165) is 17.4 Å². The summed E-state index contributed by atoms with van der Waals surface area (Å²) in [7, 11) is 0. The summed E-state index contributed by atoms with van der Waals surface area (Å²) in [6, 6.07) is 19.0. The summed E-state index contributed by atoms with van der Waals surface area (Å²) in [5.74, 6) is 0. The van der Waals surface area contributed by atoms with Crippen LogP contribution in [-0.2, 0) is 4.79 Å². The molecule has 1 unspecified atom stereocenters. The van der Waals surface area contributed by atoms with Gasteiger partial charge in [-0.05, 0) is 11.1 Å². The van der Waals surface area contributed by atoms with Gasteiger partial charge in [-0.15, -0.1) is 0 Å². The minimum Gasteiger partial charge on any atom is -0.321 e. The van der Waals surface area contributed by atoms with E-state index in [0.29, 0.717) is 5.57 Å². The van der Waals surface area contributed by atoms with Crippen molar-refractivity contribution in [2.24, 2.45) is 5.73 Å². The zero-order valence-corrected chi connectivity index (χ0v) is 9.99. The summed E-state index contributed by atoms with van der Waals surface area (Å²) in [4.78, 5) is 11.1. The first-order chi connectivity index (χ1) is 8.81. The number of nitrogens with two attached hydrogens (primary N) is 1. The summed E-state index contributed by atoms with van der Waals surface area (Å²) in [5, 5.41) is 0. The van der Waals surface area contributed by atoms with Crippen molar-refractivity contribution < 1.29 is 4.79 Å². The third kappa shape index (κ3) is 2.93. The van der Waals surface area contributed by atoms with Gasteiger partial charge in [0.15, 0.2) is 0 Å². The summed E-state index contributed by atoms with van der Waals surface area (Å²) < 4.78 is 0. The predicted octanol–water partition coefficient (Wildman–Crippen LogP) is 2.97. The highest BCUT2D eigenvalue weighted by Crippen LogP contribution is 2.18. The Morgan fingerprint density at radius 2 is 1.50 bits per heavy atom. The maximum Gasteiger partial charge on any atom is 0.150 e. The summed E-state index contributed by atoms with van der Waals surface area (Å²) in [6.07, 6.45) is 2.63. The lowest BCUT2D eigenvalue weighted by atomic mass is 10.0. The van der Waals surface area contributed by atoms with E-state index < -0.39 is 0 Å². The van der Waals surface area contributed by atoms with E-state index in [1.807, 2.05) is 60.7 Å². The lowest BCUT2D eigenvalue weighted by Crippen LogP contribution is -2.08. The smallest absolute Gasteiger partial charge is 0.150 e. The van der Waals surface area contributed by atoms with E-state index >= 15 is 0 Å². The van der Waals surface area contributed by atoms with Gasteiger partial charge in [0, 0.05) is 11.6 Å². The monoisotopic (exact) mass is 237 g/mol. The molecule has 2 rings (SSSR count). The number of aldehydes is 1. The van der Waals surface area contributed by atoms with Crippen LogP contribution in [0.5, 0.6) is 0 Å². The molecular formula is C16H15NO. The Balaban J connectivity index is 2.28. The van der Waals surface area contributed by atoms with Gasteiger partial charge in [0.1, 0.15) is 6.29 Å². The van der Waals surface area contributed by atoms with E-state index in [-0.39, 0.29) is 6.04 Å². The molecule has 0 fully saturated rings. The molecule has 2 aromatic rings. The van der Waals surface area contributed by atoms with Crippen molar-refractivity contribution in [3.8, 4) is 0 Å². The van der Waals surface area contributed by atoms with Gasteiger partial charge in [-0.1, -0.05) is 66.7 Å². The quantitative estimate of drug-likeness (QED) is 0.656. The van der Waals surface area contributed by atoms with Gasteiger partial charge in [0.05, 0.1) is 0 Å². The second-order valence-corrected chi connectivity index (χ2v) is 4.04. The van der Waals surface area contributed by atoms with Crippen LogP contribution in [0.2, 0.25) is 0 Å². The first-order valence-electron chi connectivity index (χ1n) is 5.84. The van der Waals surface area contributed by atoms with Crippen LogP contribution < -0.4 is 5.73 Å². The van der Waals surface area contributed by atoms with E-state index in [9.17, 15) is 4.79 Å². The van der Waals surface area contributed by atoms with Crippen molar-refractivity contribution in [1.82, 2.24) is 0 Å². The van der Waals surface area contributed by atoms with Crippen molar-refractivity contribution in [1.29, 1.82) is 0 Å². The van der Waals surface area contributed by atoms with Gasteiger partial charge in [-0.3, -0.25) is 4.79 Å². The van der Waals surface area contributed by atoms with Crippen LogP contribution in [0, 0.1) is 0 Å². The van der Waals surface area contributed by atoms with E-state index in [1.54, 1.807) is 6.08 Å². The summed E-state index contributed by atoms with van der Waals surface area (Å²) in [5.41, 5.74) is 8.57. The minimum atomic E-state index is -0.272. The molecule has 0 spiro atoms. The standard InChI is InChI=1S/C16H15NO/c17-16(14-9-5-2-6-10-14)11-15(12-18)13-7-3-1-4-8-13/h1-12,16H,17H2. The van der Waals surface area contributed by atoms with Crippen LogP contribution in [0.3, 0.4) is 0 Å². The molecule has 0 amide bonds. The molecule has 0 saturated carbocycles. The highest BCUT2D eigenvalue weighted by Gasteiger charge is 2.05. The Bertz CT molecular complexity index is 532. The Kier molecular flexibility index (Phi) is 4.05. The number of carbonyl (C=O) groups is 1. The lowest BCUT2D eigenvalue weighted by molar-refractivity contribution is -0.103. The minimum absolute atomic E-state index is 0.272. The Labute approximate surface area is 107 Å². The normalized spacial score (nSPS) is 13.1. The second kappa shape index (κ2) is 5.94. The van der Waals surface area contributed by atoms with Gasteiger partial charge in [-0.2, -0.15) is 0 Å². The number of hydrogen-bond donors (Lipinski definition) is 1. The van der Waals surface area contributed by atoms with Gasteiger partial charge >= 0.3 is 0 Å². The number of carbonyl (C=O) groups excluding carboxylic acids is 1. The fourth-order valence-electron chi connectivity index (χ4n) is 1.80. The maximum absolute atomic E-state index is 11.1. The molecule has 1 atom stereocenters. The van der Waals surface area contributed by atoms with Gasteiger partial charge in [0.2, 0.25) is 0 Å². The Morgan fingerprint density at radius 3 is 2.06 bits per heavy atom. The molecule has 0 saturated heterocycles. The van der Waals surface area contributed by atoms with Crippen molar-refractivity contribution >= 4 is 11.9 Å².